The number of allylic oxidation sites excluding steroid dienone is 5. The van der Waals surface area contributed by atoms with Crippen molar-refractivity contribution in [2.75, 3.05) is 6.54 Å². The molecule has 2 amide bonds. The van der Waals surface area contributed by atoms with Gasteiger partial charge in [0.05, 0.1) is 0 Å². The van der Waals surface area contributed by atoms with Gasteiger partial charge in [-0.3, -0.25) is 0 Å². The lowest BCUT2D eigenvalue weighted by Gasteiger charge is -2.05. The van der Waals surface area contributed by atoms with Crippen LogP contribution in [0.25, 0.3) is 0 Å². The molecule has 16 heavy (non-hydrogen) atoms. The Bertz CT molecular complexity index is 405. The Hall–Kier alpha value is -1.95. The van der Waals surface area contributed by atoms with Crippen molar-refractivity contribution >= 4 is 6.03 Å². The Morgan fingerprint density at radius 3 is 3.06 bits per heavy atom. The van der Waals surface area contributed by atoms with Crippen LogP contribution in [0.15, 0.2) is 35.6 Å². The summed E-state index contributed by atoms with van der Waals surface area (Å²) in [7, 11) is 0. The highest BCUT2D eigenvalue weighted by Crippen LogP contribution is 2.09. The van der Waals surface area contributed by atoms with Gasteiger partial charge < -0.3 is 10.6 Å². The van der Waals surface area contributed by atoms with E-state index < -0.39 is 0 Å². The molecular weight excluding hydrogens is 200 g/mol. The summed E-state index contributed by atoms with van der Waals surface area (Å²) in [4.78, 5) is 11.3. The molecule has 0 saturated heterocycles. The van der Waals surface area contributed by atoms with Crippen LogP contribution in [-0.4, -0.2) is 12.6 Å². The zero-order chi connectivity index (χ0) is 11.8. The summed E-state index contributed by atoms with van der Waals surface area (Å²) in [6, 6.07) is -0.177. The summed E-state index contributed by atoms with van der Waals surface area (Å²) < 4.78 is 0. The van der Waals surface area contributed by atoms with Crippen molar-refractivity contribution in [3.8, 4) is 11.8 Å². The predicted molar refractivity (Wildman–Crippen MR) is 65.6 cm³/mol. The monoisotopic (exact) mass is 216 g/mol. The van der Waals surface area contributed by atoms with E-state index in [1.165, 1.54) is 0 Å². The van der Waals surface area contributed by atoms with Crippen LogP contribution in [0.3, 0.4) is 0 Å². The number of hydrogen-bond donors (Lipinski definition) is 2. The Labute approximate surface area is 96.3 Å². The molecule has 0 aliphatic heterocycles. The molecule has 0 atom stereocenters. The molecule has 0 radical (unpaired) electrons. The molecule has 0 aromatic heterocycles. The van der Waals surface area contributed by atoms with Crippen molar-refractivity contribution in [1.82, 2.24) is 10.6 Å². The van der Waals surface area contributed by atoms with Gasteiger partial charge in [-0.25, -0.2) is 4.79 Å². The van der Waals surface area contributed by atoms with E-state index in [9.17, 15) is 4.79 Å². The van der Waals surface area contributed by atoms with Crippen LogP contribution in [0.1, 0.15) is 20.3 Å². The molecule has 0 heterocycles. The molecule has 1 aliphatic rings. The normalized spacial score (nSPS) is 13.9. The van der Waals surface area contributed by atoms with Gasteiger partial charge in [-0.2, -0.15) is 0 Å². The zero-order valence-electron chi connectivity index (χ0n) is 9.63. The molecule has 1 rings (SSSR count). The van der Waals surface area contributed by atoms with Crippen LogP contribution in [-0.2, 0) is 0 Å². The van der Waals surface area contributed by atoms with Gasteiger partial charge in [0.1, 0.15) is 0 Å². The molecule has 0 saturated carbocycles. The molecule has 0 aromatic rings. The fraction of sp³-hybridized carbons (Fsp3) is 0.308. The van der Waals surface area contributed by atoms with E-state index in [0.717, 1.165) is 17.7 Å². The topological polar surface area (TPSA) is 41.1 Å². The third-order valence-electron chi connectivity index (χ3n) is 2.00. The molecule has 0 bridgehead atoms. The summed E-state index contributed by atoms with van der Waals surface area (Å²) >= 11 is 0. The van der Waals surface area contributed by atoms with Crippen molar-refractivity contribution in [1.29, 1.82) is 0 Å². The first-order valence-corrected chi connectivity index (χ1v) is 5.31. The minimum absolute atomic E-state index is 0.177. The highest BCUT2D eigenvalue weighted by molar-refractivity contribution is 5.76. The van der Waals surface area contributed by atoms with E-state index in [2.05, 4.69) is 22.5 Å². The number of hydrogen-bond acceptors (Lipinski definition) is 1. The number of carbonyl (C=O) groups excluding carboxylic acids is 1. The molecule has 2 N–H and O–H groups in total. The molecule has 3 heteroatoms. The first kappa shape index (κ1) is 12.1. The fourth-order valence-corrected chi connectivity index (χ4v) is 1.31. The largest absolute Gasteiger partial charge is 0.338 e. The van der Waals surface area contributed by atoms with Crippen molar-refractivity contribution < 1.29 is 4.79 Å². The van der Waals surface area contributed by atoms with Crippen LogP contribution in [0, 0.1) is 11.8 Å². The summed E-state index contributed by atoms with van der Waals surface area (Å²) in [5.74, 6) is 5.87. The molecule has 0 fully saturated rings. The molecule has 0 unspecified atom stereocenters. The van der Waals surface area contributed by atoms with Gasteiger partial charge in [-0.15, -0.1) is 5.92 Å². The molecule has 84 valence electrons. The fourth-order valence-electron chi connectivity index (χ4n) is 1.31. The van der Waals surface area contributed by atoms with E-state index in [1.54, 1.807) is 0 Å². The van der Waals surface area contributed by atoms with Crippen molar-refractivity contribution in [3.63, 3.8) is 0 Å². The first-order chi connectivity index (χ1) is 7.76. The Balaban J connectivity index is 2.59. The summed E-state index contributed by atoms with van der Waals surface area (Å²) in [5.41, 5.74) is 1.85. The number of amides is 2. The maximum atomic E-state index is 11.3. The van der Waals surface area contributed by atoms with Gasteiger partial charge in [0.25, 0.3) is 0 Å². The summed E-state index contributed by atoms with van der Waals surface area (Å²) in [5, 5.41) is 5.45. The van der Waals surface area contributed by atoms with Gasteiger partial charge in [-0.1, -0.05) is 24.1 Å². The molecular formula is C13H16N2O. The minimum atomic E-state index is -0.177. The molecule has 0 spiro atoms. The lowest BCUT2D eigenvalue weighted by atomic mass is 10.2. The highest BCUT2D eigenvalue weighted by Gasteiger charge is 2.02. The van der Waals surface area contributed by atoms with Gasteiger partial charge in [0.2, 0.25) is 0 Å². The van der Waals surface area contributed by atoms with E-state index in [1.807, 2.05) is 38.2 Å². The molecule has 3 nitrogen and oxygen atoms in total. The number of carbonyl (C=O) groups is 1. The quantitative estimate of drug-likeness (QED) is 0.682. The second-order valence-corrected chi connectivity index (χ2v) is 3.27. The Morgan fingerprint density at radius 1 is 1.56 bits per heavy atom. The highest BCUT2D eigenvalue weighted by atomic mass is 16.2. The third-order valence-corrected chi connectivity index (χ3v) is 2.00. The van der Waals surface area contributed by atoms with Crippen LogP contribution < -0.4 is 10.6 Å². The van der Waals surface area contributed by atoms with Gasteiger partial charge in [0.15, 0.2) is 0 Å². The lowest BCUT2D eigenvalue weighted by molar-refractivity contribution is 0.244. The predicted octanol–water partition coefficient (Wildman–Crippen LogP) is 2.10. The second-order valence-electron chi connectivity index (χ2n) is 3.27. The Kier molecular flexibility index (Phi) is 4.94. The average molecular weight is 216 g/mol. The Morgan fingerprint density at radius 2 is 2.38 bits per heavy atom. The molecule has 1 aliphatic carbocycles. The van der Waals surface area contributed by atoms with E-state index in [-0.39, 0.29) is 6.03 Å². The molecule has 0 aromatic carbocycles. The summed E-state index contributed by atoms with van der Waals surface area (Å²) in [6.45, 7) is 4.31. The number of rotatable bonds is 2. The van der Waals surface area contributed by atoms with Gasteiger partial charge >= 0.3 is 6.03 Å². The minimum Gasteiger partial charge on any atom is -0.338 e. The lowest BCUT2D eigenvalue weighted by Crippen LogP contribution is -2.34. The third kappa shape index (κ3) is 4.05. The van der Waals surface area contributed by atoms with E-state index >= 15 is 0 Å². The van der Waals surface area contributed by atoms with Crippen LogP contribution in [0.5, 0.6) is 0 Å². The SMILES string of the molecule is CC#CC1=CC=CC(NC(=O)NCC)=CC1. The van der Waals surface area contributed by atoms with E-state index in [4.69, 9.17) is 0 Å². The number of nitrogens with one attached hydrogen (secondary N) is 2. The second kappa shape index (κ2) is 6.52. The van der Waals surface area contributed by atoms with Gasteiger partial charge in [-0.05, 0) is 19.9 Å². The van der Waals surface area contributed by atoms with E-state index in [0.29, 0.717) is 6.54 Å². The average Bonchev–Trinajstić information content (AvgIpc) is 2.45. The maximum absolute atomic E-state index is 11.3. The van der Waals surface area contributed by atoms with Crippen molar-refractivity contribution in [3.05, 3.63) is 35.6 Å². The first-order valence-electron chi connectivity index (χ1n) is 5.31. The maximum Gasteiger partial charge on any atom is 0.319 e. The summed E-state index contributed by atoms with van der Waals surface area (Å²) in [6.07, 6.45) is 8.41. The van der Waals surface area contributed by atoms with Gasteiger partial charge in [0, 0.05) is 24.2 Å². The zero-order valence-corrected chi connectivity index (χ0v) is 9.63. The van der Waals surface area contributed by atoms with Crippen LogP contribution in [0.4, 0.5) is 4.79 Å². The number of urea groups is 1. The van der Waals surface area contributed by atoms with Crippen molar-refractivity contribution in [2.45, 2.75) is 20.3 Å². The van der Waals surface area contributed by atoms with Crippen LogP contribution >= 0.6 is 0 Å². The van der Waals surface area contributed by atoms with Crippen molar-refractivity contribution in [2.24, 2.45) is 0 Å². The van der Waals surface area contributed by atoms with Crippen LogP contribution in [0.2, 0.25) is 0 Å². The smallest absolute Gasteiger partial charge is 0.319 e. The standard InChI is InChI=1S/C13H16N2O/c1-3-6-11-7-5-8-12(10-9-11)15-13(16)14-4-2/h5,7-8,10H,4,9H2,1-2H3,(H2,14,15,16).